The van der Waals surface area contributed by atoms with Crippen LogP contribution in [0.2, 0.25) is 0 Å². The van der Waals surface area contributed by atoms with Crippen molar-refractivity contribution in [2.24, 2.45) is 0 Å². The normalized spacial score (nSPS) is 10.7. The maximum atomic E-state index is 13.4. The first-order valence-electron chi connectivity index (χ1n) is 5.92. The van der Waals surface area contributed by atoms with Gasteiger partial charge in [0.2, 0.25) is 0 Å². The van der Waals surface area contributed by atoms with E-state index in [2.05, 4.69) is 6.58 Å². The molecule has 0 aliphatic carbocycles. The number of ether oxygens (including phenoxy) is 1. The van der Waals surface area contributed by atoms with E-state index in [-0.39, 0.29) is 12.0 Å². The lowest BCUT2D eigenvalue weighted by molar-refractivity contribution is 0.137. The van der Waals surface area contributed by atoms with Gasteiger partial charge in [-0.15, -0.1) is 0 Å². The van der Waals surface area contributed by atoms with Crippen LogP contribution in [0.25, 0.3) is 0 Å². The van der Waals surface area contributed by atoms with E-state index in [1.54, 1.807) is 0 Å². The van der Waals surface area contributed by atoms with Gasteiger partial charge in [0.15, 0.2) is 0 Å². The minimum atomic E-state index is -0.911. The van der Waals surface area contributed by atoms with Gasteiger partial charge in [-0.3, -0.25) is 0 Å². The van der Waals surface area contributed by atoms with E-state index in [0.29, 0.717) is 37.3 Å². The summed E-state index contributed by atoms with van der Waals surface area (Å²) >= 11 is 0. The highest BCUT2D eigenvalue weighted by molar-refractivity contribution is 5.25. The van der Waals surface area contributed by atoms with E-state index in [0.717, 1.165) is 6.42 Å². The van der Waals surface area contributed by atoms with Crippen molar-refractivity contribution in [3.05, 3.63) is 47.3 Å². The average Bonchev–Trinajstić information content (AvgIpc) is 2.29. The third-order valence-electron chi connectivity index (χ3n) is 2.48. The van der Waals surface area contributed by atoms with E-state index >= 15 is 0 Å². The summed E-state index contributed by atoms with van der Waals surface area (Å²) in [6.45, 7) is 6.89. The van der Waals surface area contributed by atoms with Crippen molar-refractivity contribution in [3.63, 3.8) is 0 Å². The Morgan fingerprint density at radius 1 is 1.17 bits per heavy atom. The summed E-state index contributed by atoms with van der Waals surface area (Å²) in [4.78, 5) is 0. The van der Waals surface area contributed by atoms with Gasteiger partial charge >= 0.3 is 0 Å². The Hall–Kier alpha value is -1.29. The van der Waals surface area contributed by atoms with Crippen LogP contribution in [0.15, 0.2) is 24.3 Å². The molecule has 0 radical (unpaired) electrons. The van der Waals surface area contributed by atoms with Crippen LogP contribution in [-0.4, -0.2) is 13.2 Å². The van der Waals surface area contributed by atoms with Crippen molar-refractivity contribution in [1.82, 2.24) is 0 Å². The lowest BCUT2D eigenvalue weighted by Crippen LogP contribution is -2.02. The lowest BCUT2D eigenvalue weighted by Gasteiger charge is -2.08. The summed E-state index contributed by atoms with van der Waals surface area (Å²) < 4.78 is 44.7. The molecule has 0 atom stereocenters. The van der Waals surface area contributed by atoms with Crippen molar-refractivity contribution >= 4 is 0 Å². The molecule has 1 nitrogen and oxygen atoms in total. The molecule has 4 heteroatoms. The third-order valence-corrected chi connectivity index (χ3v) is 2.48. The molecule has 0 aliphatic heterocycles. The molecule has 100 valence electrons. The van der Waals surface area contributed by atoms with Crippen LogP contribution in [0, 0.1) is 17.5 Å². The molecule has 0 saturated carbocycles. The predicted molar refractivity (Wildman–Crippen MR) is 64.9 cm³/mol. The Kier molecular flexibility index (Phi) is 5.92. The Balaban J connectivity index is 2.54. The SMILES string of the molecule is C=C(CCOCCC)Cc1c(F)cc(F)cc1F. The molecule has 0 fully saturated rings. The standard InChI is InChI=1S/C14H17F3O/c1-3-5-18-6-4-10(2)7-12-13(16)8-11(15)9-14(12)17/h8-9H,2-7H2,1H3. The molecule has 0 N–H and O–H groups in total. The summed E-state index contributed by atoms with van der Waals surface area (Å²) in [7, 11) is 0. The fourth-order valence-electron chi connectivity index (χ4n) is 1.54. The topological polar surface area (TPSA) is 9.23 Å². The van der Waals surface area contributed by atoms with Gasteiger partial charge in [0.1, 0.15) is 17.5 Å². The van der Waals surface area contributed by atoms with Crippen LogP contribution in [0.3, 0.4) is 0 Å². The smallest absolute Gasteiger partial charge is 0.132 e. The highest BCUT2D eigenvalue weighted by atomic mass is 19.1. The zero-order valence-electron chi connectivity index (χ0n) is 10.4. The quantitative estimate of drug-likeness (QED) is 0.530. The molecule has 18 heavy (non-hydrogen) atoms. The molecule has 0 aliphatic rings. The van der Waals surface area contributed by atoms with Gasteiger partial charge in [0, 0.05) is 24.3 Å². The third kappa shape index (κ3) is 4.53. The number of hydrogen-bond acceptors (Lipinski definition) is 1. The number of rotatable bonds is 7. The predicted octanol–water partition coefficient (Wildman–Crippen LogP) is 4.02. The molecule has 0 heterocycles. The molecule has 0 spiro atoms. The first kappa shape index (κ1) is 14.8. The van der Waals surface area contributed by atoms with Crippen molar-refractivity contribution in [2.45, 2.75) is 26.2 Å². The molecule has 0 saturated heterocycles. The van der Waals surface area contributed by atoms with Gasteiger partial charge in [-0.25, -0.2) is 13.2 Å². The minimum Gasteiger partial charge on any atom is -0.381 e. The monoisotopic (exact) mass is 258 g/mol. The molecule has 0 unspecified atom stereocenters. The van der Waals surface area contributed by atoms with Crippen LogP contribution in [0.1, 0.15) is 25.3 Å². The van der Waals surface area contributed by atoms with E-state index in [4.69, 9.17) is 4.74 Å². The highest BCUT2D eigenvalue weighted by Crippen LogP contribution is 2.19. The largest absolute Gasteiger partial charge is 0.381 e. The van der Waals surface area contributed by atoms with Gasteiger partial charge in [-0.05, 0) is 19.3 Å². The lowest BCUT2D eigenvalue weighted by atomic mass is 10.0. The van der Waals surface area contributed by atoms with Crippen LogP contribution < -0.4 is 0 Å². The number of hydrogen-bond donors (Lipinski definition) is 0. The minimum absolute atomic E-state index is 0.0629. The van der Waals surface area contributed by atoms with Gasteiger partial charge in [0.25, 0.3) is 0 Å². The second-order valence-electron chi connectivity index (χ2n) is 4.14. The fraction of sp³-hybridized carbons (Fsp3) is 0.429. The molecule has 1 rings (SSSR count). The summed E-state index contributed by atoms with van der Waals surface area (Å²) in [6.07, 6.45) is 1.53. The second kappa shape index (κ2) is 7.21. The molecule has 0 bridgehead atoms. The first-order chi connectivity index (χ1) is 8.54. The fourth-order valence-corrected chi connectivity index (χ4v) is 1.54. The Labute approximate surface area is 105 Å². The maximum absolute atomic E-state index is 13.4. The van der Waals surface area contributed by atoms with Gasteiger partial charge in [-0.2, -0.15) is 0 Å². The zero-order valence-corrected chi connectivity index (χ0v) is 10.4. The molecule has 0 aromatic heterocycles. The van der Waals surface area contributed by atoms with Crippen molar-refractivity contribution in [2.75, 3.05) is 13.2 Å². The van der Waals surface area contributed by atoms with Gasteiger partial charge in [0.05, 0.1) is 6.61 Å². The van der Waals surface area contributed by atoms with Gasteiger partial charge in [-0.1, -0.05) is 19.1 Å². The number of benzene rings is 1. The Bertz CT molecular complexity index is 392. The highest BCUT2D eigenvalue weighted by Gasteiger charge is 2.12. The number of halogens is 3. The summed E-state index contributed by atoms with van der Waals surface area (Å²) in [5.41, 5.74) is 0.521. The van der Waals surface area contributed by atoms with E-state index < -0.39 is 17.5 Å². The molecule has 1 aromatic rings. The Morgan fingerprint density at radius 2 is 1.78 bits per heavy atom. The van der Waals surface area contributed by atoms with Crippen molar-refractivity contribution in [1.29, 1.82) is 0 Å². The summed E-state index contributed by atoms with van der Waals surface area (Å²) in [6, 6.07) is 1.36. The Morgan fingerprint density at radius 3 is 2.33 bits per heavy atom. The summed E-state index contributed by atoms with van der Waals surface area (Å²) in [5.74, 6) is -2.66. The summed E-state index contributed by atoms with van der Waals surface area (Å²) in [5, 5.41) is 0. The van der Waals surface area contributed by atoms with E-state index in [1.165, 1.54) is 0 Å². The van der Waals surface area contributed by atoms with Crippen molar-refractivity contribution in [3.8, 4) is 0 Å². The van der Waals surface area contributed by atoms with Crippen LogP contribution in [0.5, 0.6) is 0 Å². The molecular formula is C14H17F3O. The van der Waals surface area contributed by atoms with E-state index in [1.807, 2.05) is 6.92 Å². The zero-order chi connectivity index (χ0) is 13.5. The molecular weight excluding hydrogens is 241 g/mol. The van der Waals surface area contributed by atoms with Crippen LogP contribution in [0.4, 0.5) is 13.2 Å². The van der Waals surface area contributed by atoms with Gasteiger partial charge < -0.3 is 4.74 Å². The van der Waals surface area contributed by atoms with Crippen LogP contribution >= 0.6 is 0 Å². The average molecular weight is 258 g/mol. The van der Waals surface area contributed by atoms with E-state index in [9.17, 15) is 13.2 Å². The maximum Gasteiger partial charge on any atom is 0.132 e. The van der Waals surface area contributed by atoms with Crippen LogP contribution in [-0.2, 0) is 11.2 Å². The molecule has 0 amide bonds. The molecule has 1 aromatic carbocycles. The first-order valence-corrected chi connectivity index (χ1v) is 5.92. The second-order valence-corrected chi connectivity index (χ2v) is 4.14. The van der Waals surface area contributed by atoms with Crippen molar-refractivity contribution < 1.29 is 17.9 Å².